The first kappa shape index (κ1) is 14.7. The SMILES string of the molecule is CC(=O)c1cc(Br)ccc1Sc1ccccc1[N+](=O)[O-]. The Hall–Kier alpha value is -1.66. The Morgan fingerprint density at radius 1 is 1.20 bits per heavy atom. The number of Topliss-reactive ketones (excluding diaryl/α,β-unsaturated/α-hetero) is 1. The maximum atomic E-state index is 11.7. The van der Waals surface area contributed by atoms with E-state index in [1.807, 2.05) is 6.07 Å². The van der Waals surface area contributed by atoms with Crippen molar-refractivity contribution in [1.82, 2.24) is 0 Å². The first-order chi connectivity index (χ1) is 9.49. The molecule has 102 valence electrons. The van der Waals surface area contributed by atoms with Crippen LogP contribution in [0.15, 0.2) is 56.7 Å². The molecule has 0 spiro atoms. The Balaban J connectivity index is 2.45. The van der Waals surface area contributed by atoms with Crippen LogP contribution in [0.4, 0.5) is 5.69 Å². The largest absolute Gasteiger partial charge is 0.294 e. The van der Waals surface area contributed by atoms with Gasteiger partial charge in [-0.25, -0.2) is 0 Å². The molecule has 0 aliphatic heterocycles. The fraction of sp³-hybridized carbons (Fsp3) is 0.0714. The van der Waals surface area contributed by atoms with Crippen LogP contribution in [0.25, 0.3) is 0 Å². The summed E-state index contributed by atoms with van der Waals surface area (Å²) in [5, 5.41) is 11.0. The van der Waals surface area contributed by atoms with Crippen LogP contribution < -0.4 is 0 Å². The lowest BCUT2D eigenvalue weighted by Gasteiger charge is -2.07. The highest BCUT2D eigenvalue weighted by Crippen LogP contribution is 2.37. The molecule has 2 rings (SSSR count). The van der Waals surface area contributed by atoms with Gasteiger partial charge in [0, 0.05) is 21.0 Å². The average Bonchev–Trinajstić information content (AvgIpc) is 2.41. The van der Waals surface area contributed by atoms with Crippen LogP contribution in [0.2, 0.25) is 0 Å². The van der Waals surface area contributed by atoms with E-state index >= 15 is 0 Å². The van der Waals surface area contributed by atoms with E-state index in [1.54, 1.807) is 30.3 Å². The predicted octanol–water partition coefficient (Wildman–Crippen LogP) is 4.71. The molecule has 0 radical (unpaired) electrons. The Kier molecular flexibility index (Phi) is 4.57. The topological polar surface area (TPSA) is 60.2 Å². The quantitative estimate of drug-likeness (QED) is 0.454. The molecule has 0 N–H and O–H groups in total. The minimum absolute atomic E-state index is 0.0370. The molecule has 0 unspecified atom stereocenters. The van der Waals surface area contributed by atoms with E-state index in [9.17, 15) is 14.9 Å². The molecule has 0 aliphatic carbocycles. The van der Waals surface area contributed by atoms with Gasteiger partial charge in [0.15, 0.2) is 5.78 Å². The second kappa shape index (κ2) is 6.19. The van der Waals surface area contributed by atoms with Gasteiger partial charge in [-0.3, -0.25) is 14.9 Å². The van der Waals surface area contributed by atoms with Crippen LogP contribution in [0.1, 0.15) is 17.3 Å². The number of nitrogens with zero attached hydrogens (tertiary/aromatic N) is 1. The average molecular weight is 352 g/mol. The van der Waals surface area contributed by atoms with E-state index in [-0.39, 0.29) is 11.5 Å². The second-order valence-corrected chi connectivity index (χ2v) is 6.02. The summed E-state index contributed by atoms with van der Waals surface area (Å²) >= 11 is 4.54. The summed E-state index contributed by atoms with van der Waals surface area (Å²) < 4.78 is 0.801. The van der Waals surface area contributed by atoms with E-state index in [4.69, 9.17) is 0 Å². The lowest BCUT2D eigenvalue weighted by atomic mass is 10.1. The van der Waals surface area contributed by atoms with Crippen LogP contribution in [0, 0.1) is 10.1 Å². The first-order valence-corrected chi connectivity index (χ1v) is 7.31. The summed E-state index contributed by atoms with van der Waals surface area (Å²) in [7, 11) is 0. The number of para-hydroxylation sites is 1. The van der Waals surface area contributed by atoms with Crippen LogP contribution in [0.5, 0.6) is 0 Å². The molecule has 6 heteroatoms. The van der Waals surface area contributed by atoms with Crippen molar-refractivity contribution >= 4 is 39.2 Å². The van der Waals surface area contributed by atoms with Crippen molar-refractivity contribution in [3.05, 3.63) is 62.6 Å². The molecule has 0 aromatic heterocycles. The first-order valence-electron chi connectivity index (χ1n) is 5.71. The summed E-state index contributed by atoms with van der Waals surface area (Å²) in [4.78, 5) is 23.5. The van der Waals surface area contributed by atoms with Gasteiger partial charge in [0.1, 0.15) is 0 Å². The van der Waals surface area contributed by atoms with Crippen molar-refractivity contribution in [2.45, 2.75) is 16.7 Å². The lowest BCUT2D eigenvalue weighted by molar-refractivity contribution is -0.387. The number of carbonyl (C=O) groups is 1. The van der Waals surface area contributed by atoms with Gasteiger partial charge in [-0.2, -0.15) is 0 Å². The van der Waals surface area contributed by atoms with Gasteiger partial charge in [-0.1, -0.05) is 39.8 Å². The summed E-state index contributed by atoms with van der Waals surface area (Å²) in [5.41, 5.74) is 0.581. The van der Waals surface area contributed by atoms with Crippen LogP contribution in [-0.4, -0.2) is 10.7 Å². The molecule has 0 amide bonds. The minimum atomic E-state index is -0.422. The lowest BCUT2D eigenvalue weighted by Crippen LogP contribution is -1.96. The molecule has 0 atom stereocenters. The van der Waals surface area contributed by atoms with E-state index in [0.717, 1.165) is 4.47 Å². The smallest absolute Gasteiger partial charge is 0.283 e. The molecular formula is C14H10BrNO3S. The molecule has 0 saturated heterocycles. The van der Waals surface area contributed by atoms with E-state index in [1.165, 1.54) is 24.8 Å². The van der Waals surface area contributed by atoms with Crippen LogP contribution in [-0.2, 0) is 0 Å². The molecule has 0 aliphatic rings. The zero-order chi connectivity index (χ0) is 14.7. The zero-order valence-electron chi connectivity index (χ0n) is 10.5. The molecular weight excluding hydrogens is 342 g/mol. The standard InChI is InChI=1S/C14H10BrNO3S/c1-9(17)11-8-10(15)6-7-13(11)20-14-5-3-2-4-12(14)16(18)19/h2-8H,1H3. The van der Waals surface area contributed by atoms with Gasteiger partial charge in [-0.15, -0.1) is 0 Å². The molecule has 2 aromatic carbocycles. The number of halogens is 1. The van der Waals surface area contributed by atoms with Crippen molar-refractivity contribution in [3.63, 3.8) is 0 Å². The van der Waals surface area contributed by atoms with Crippen molar-refractivity contribution in [1.29, 1.82) is 0 Å². The number of nitro benzene ring substituents is 1. The van der Waals surface area contributed by atoms with Gasteiger partial charge < -0.3 is 0 Å². The number of hydrogen-bond donors (Lipinski definition) is 0. The number of hydrogen-bond acceptors (Lipinski definition) is 4. The number of carbonyl (C=O) groups excluding carboxylic acids is 1. The molecule has 0 bridgehead atoms. The minimum Gasteiger partial charge on any atom is -0.294 e. The number of rotatable bonds is 4. The fourth-order valence-corrected chi connectivity index (χ4v) is 3.12. The highest BCUT2D eigenvalue weighted by molar-refractivity contribution is 9.10. The van der Waals surface area contributed by atoms with Gasteiger partial charge in [0.05, 0.1) is 9.82 Å². The Morgan fingerprint density at radius 3 is 2.55 bits per heavy atom. The Bertz CT molecular complexity index is 688. The maximum absolute atomic E-state index is 11.7. The Morgan fingerprint density at radius 2 is 1.90 bits per heavy atom. The van der Waals surface area contributed by atoms with Gasteiger partial charge in [0.2, 0.25) is 0 Å². The molecule has 2 aromatic rings. The molecule has 0 heterocycles. The van der Waals surface area contributed by atoms with Gasteiger partial charge in [0.25, 0.3) is 5.69 Å². The van der Waals surface area contributed by atoms with Crippen LogP contribution in [0.3, 0.4) is 0 Å². The van der Waals surface area contributed by atoms with Crippen molar-refractivity contribution in [3.8, 4) is 0 Å². The van der Waals surface area contributed by atoms with Crippen LogP contribution >= 0.6 is 27.7 Å². The zero-order valence-corrected chi connectivity index (χ0v) is 12.9. The van der Waals surface area contributed by atoms with E-state index in [2.05, 4.69) is 15.9 Å². The van der Waals surface area contributed by atoms with E-state index < -0.39 is 4.92 Å². The fourth-order valence-electron chi connectivity index (χ4n) is 1.68. The summed E-state index contributed by atoms with van der Waals surface area (Å²) in [6.07, 6.45) is 0. The molecule has 4 nitrogen and oxygen atoms in total. The maximum Gasteiger partial charge on any atom is 0.283 e. The number of benzene rings is 2. The normalized spacial score (nSPS) is 10.3. The summed E-state index contributed by atoms with van der Waals surface area (Å²) in [6, 6.07) is 11.8. The third-order valence-corrected chi connectivity index (χ3v) is 4.24. The van der Waals surface area contributed by atoms with Crippen molar-refractivity contribution < 1.29 is 9.72 Å². The summed E-state index contributed by atoms with van der Waals surface area (Å²) in [6.45, 7) is 1.48. The van der Waals surface area contributed by atoms with E-state index in [0.29, 0.717) is 15.4 Å². The molecule has 0 saturated carbocycles. The predicted molar refractivity (Wildman–Crippen MR) is 81.4 cm³/mol. The van der Waals surface area contributed by atoms with Gasteiger partial charge in [-0.05, 0) is 31.2 Å². The highest BCUT2D eigenvalue weighted by Gasteiger charge is 2.16. The number of nitro groups is 1. The highest BCUT2D eigenvalue weighted by atomic mass is 79.9. The van der Waals surface area contributed by atoms with Crippen molar-refractivity contribution in [2.24, 2.45) is 0 Å². The molecule has 20 heavy (non-hydrogen) atoms. The Labute approximate surface area is 128 Å². The molecule has 0 fully saturated rings. The van der Waals surface area contributed by atoms with Gasteiger partial charge >= 0.3 is 0 Å². The number of ketones is 1. The second-order valence-electron chi connectivity index (χ2n) is 4.02. The third-order valence-electron chi connectivity index (χ3n) is 2.60. The summed E-state index contributed by atoms with van der Waals surface area (Å²) in [5.74, 6) is -0.0765. The third kappa shape index (κ3) is 3.26. The monoisotopic (exact) mass is 351 g/mol. The van der Waals surface area contributed by atoms with Crippen molar-refractivity contribution in [2.75, 3.05) is 0 Å².